The lowest BCUT2D eigenvalue weighted by molar-refractivity contribution is -0.151. The zero-order valence-electron chi connectivity index (χ0n) is 21.7. The molecule has 14 heteroatoms. The standard InChI is InChI=1S/C27H25Cl2F3N6O3/c28-22-15(24(40)17-4-3-16-18(35-17)12-34-36-16)10-19-21(23(22)29)26(5-7-33-8-6-26)25(41)38(19)13-20(39)37-9-1-2-14(37)11-27(30,31)32/h3-4,10,12,14,33H,1-2,5-9,11,13H2,(H,34,36)/t14-/m1/s1. The van der Waals surface area contributed by atoms with Crippen LogP contribution >= 0.6 is 23.2 Å². The van der Waals surface area contributed by atoms with Gasteiger partial charge >= 0.3 is 6.18 Å². The number of halogens is 5. The van der Waals surface area contributed by atoms with Crippen LogP contribution in [0.4, 0.5) is 18.9 Å². The Morgan fingerprint density at radius 2 is 1.90 bits per heavy atom. The number of aromatic amines is 1. The molecule has 2 saturated heterocycles. The third-order valence-electron chi connectivity index (χ3n) is 8.30. The van der Waals surface area contributed by atoms with Crippen molar-refractivity contribution >= 4 is 57.5 Å². The van der Waals surface area contributed by atoms with E-state index in [-0.39, 0.29) is 45.9 Å². The molecule has 3 aliphatic heterocycles. The van der Waals surface area contributed by atoms with E-state index in [9.17, 15) is 27.6 Å². The summed E-state index contributed by atoms with van der Waals surface area (Å²) in [6.45, 7) is 0.725. The van der Waals surface area contributed by atoms with Gasteiger partial charge in [-0.3, -0.25) is 19.5 Å². The number of alkyl halides is 3. The van der Waals surface area contributed by atoms with Crippen molar-refractivity contribution in [3.63, 3.8) is 0 Å². The summed E-state index contributed by atoms with van der Waals surface area (Å²) in [6.07, 6.45) is -2.61. The molecule has 0 unspecified atom stereocenters. The maximum absolute atomic E-state index is 14.1. The van der Waals surface area contributed by atoms with Gasteiger partial charge in [0.2, 0.25) is 17.6 Å². The molecule has 3 aliphatic rings. The van der Waals surface area contributed by atoms with Crippen molar-refractivity contribution in [2.45, 2.75) is 49.7 Å². The molecule has 0 radical (unpaired) electrons. The number of pyridine rings is 1. The Kier molecular flexibility index (Phi) is 6.98. The molecule has 216 valence electrons. The number of nitrogens with one attached hydrogen (secondary N) is 2. The van der Waals surface area contributed by atoms with Gasteiger partial charge in [0, 0.05) is 23.7 Å². The van der Waals surface area contributed by atoms with Crippen molar-refractivity contribution in [3.8, 4) is 0 Å². The highest BCUT2D eigenvalue weighted by atomic mass is 35.5. The van der Waals surface area contributed by atoms with Crippen LogP contribution in [0.2, 0.25) is 10.0 Å². The Morgan fingerprint density at radius 3 is 2.63 bits per heavy atom. The van der Waals surface area contributed by atoms with E-state index in [2.05, 4.69) is 20.5 Å². The molecule has 0 aliphatic carbocycles. The van der Waals surface area contributed by atoms with Gasteiger partial charge in [-0.15, -0.1) is 0 Å². The average molecular weight is 609 g/mol. The van der Waals surface area contributed by atoms with Crippen molar-refractivity contribution in [1.29, 1.82) is 0 Å². The van der Waals surface area contributed by atoms with Gasteiger partial charge in [0.05, 0.1) is 39.3 Å². The number of carbonyl (C=O) groups excluding carboxylic acids is 3. The molecule has 1 aromatic carbocycles. The molecule has 2 amide bonds. The maximum Gasteiger partial charge on any atom is 0.391 e. The fourth-order valence-electron chi connectivity index (χ4n) is 6.36. The Bertz CT molecular complexity index is 1570. The van der Waals surface area contributed by atoms with Gasteiger partial charge < -0.3 is 15.1 Å². The second kappa shape index (κ2) is 10.2. The molecule has 1 spiro atoms. The first-order valence-corrected chi connectivity index (χ1v) is 14.0. The summed E-state index contributed by atoms with van der Waals surface area (Å²) in [5.41, 5.74) is 0.798. The summed E-state index contributed by atoms with van der Waals surface area (Å²) in [5.74, 6) is -1.51. The van der Waals surface area contributed by atoms with E-state index in [1.807, 2.05) is 0 Å². The molecule has 5 heterocycles. The number of benzene rings is 1. The number of ketones is 1. The molecule has 1 atom stereocenters. The van der Waals surface area contributed by atoms with Crippen molar-refractivity contribution in [2.75, 3.05) is 31.1 Å². The van der Waals surface area contributed by atoms with Gasteiger partial charge in [-0.05, 0) is 57.0 Å². The van der Waals surface area contributed by atoms with Crippen molar-refractivity contribution in [3.05, 3.63) is 51.3 Å². The maximum atomic E-state index is 14.1. The normalized spacial score (nSPS) is 20.3. The fraction of sp³-hybridized carbons (Fsp3) is 0.444. The van der Waals surface area contributed by atoms with E-state index in [1.165, 1.54) is 28.1 Å². The topological polar surface area (TPSA) is 111 Å². The number of hydrogen-bond acceptors (Lipinski definition) is 6. The van der Waals surface area contributed by atoms with E-state index in [0.717, 1.165) is 0 Å². The van der Waals surface area contributed by atoms with Crippen LogP contribution in [0.1, 0.15) is 53.7 Å². The first-order valence-electron chi connectivity index (χ1n) is 13.3. The quantitative estimate of drug-likeness (QED) is 0.415. The van der Waals surface area contributed by atoms with Gasteiger partial charge in [0.25, 0.3) is 0 Å². The minimum absolute atomic E-state index is 0.00174. The number of likely N-dealkylation sites (tertiary alicyclic amines) is 1. The van der Waals surface area contributed by atoms with Crippen molar-refractivity contribution in [2.24, 2.45) is 0 Å². The molecule has 2 N–H and O–H groups in total. The van der Waals surface area contributed by atoms with E-state index in [4.69, 9.17) is 23.2 Å². The number of piperidine rings is 1. The van der Waals surface area contributed by atoms with Gasteiger partial charge in [-0.25, -0.2) is 4.98 Å². The Labute approximate surface area is 242 Å². The predicted molar refractivity (Wildman–Crippen MR) is 145 cm³/mol. The molecule has 2 aromatic heterocycles. The second-order valence-electron chi connectivity index (χ2n) is 10.7. The fourth-order valence-corrected chi connectivity index (χ4v) is 6.97. The number of nitrogens with zero attached hydrogens (tertiary/aromatic N) is 4. The third-order valence-corrected chi connectivity index (χ3v) is 9.17. The van der Waals surface area contributed by atoms with Gasteiger partial charge in [-0.1, -0.05) is 23.2 Å². The monoisotopic (exact) mass is 608 g/mol. The smallest absolute Gasteiger partial charge is 0.338 e. The molecule has 0 bridgehead atoms. The number of fused-ring (bicyclic) bond motifs is 3. The number of hydrogen-bond donors (Lipinski definition) is 2. The van der Waals surface area contributed by atoms with E-state index in [1.54, 1.807) is 6.07 Å². The minimum Gasteiger partial charge on any atom is -0.338 e. The van der Waals surface area contributed by atoms with E-state index < -0.39 is 42.3 Å². The van der Waals surface area contributed by atoms with Crippen LogP contribution in [0, 0.1) is 0 Å². The number of aromatic nitrogens is 3. The first-order chi connectivity index (χ1) is 19.5. The molecular weight excluding hydrogens is 584 g/mol. The van der Waals surface area contributed by atoms with Crippen molar-refractivity contribution in [1.82, 2.24) is 25.4 Å². The van der Waals surface area contributed by atoms with Crippen LogP contribution in [-0.2, 0) is 15.0 Å². The second-order valence-corrected chi connectivity index (χ2v) is 11.5. The lowest BCUT2D eigenvalue weighted by Crippen LogP contribution is -2.50. The largest absolute Gasteiger partial charge is 0.391 e. The summed E-state index contributed by atoms with van der Waals surface area (Å²) in [5, 5.41) is 9.89. The molecular formula is C27H25Cl2F3N6O3. The zero-order chi connectivity index (χ0) is 29.1. The highest BCUT2D eigenvalue weighted by Gasteiger charge is 2.54. The summed E-state index contributed by atoms with van der Waals surface area (Å²) < 4.78 is 39.5. The summed E-state index contributed by atoms with van der Waals surface area (Å²) in [6, 6.07) is 3.63. The Morgan fingerprint density at radius 1 is 1.15 bits per heavy atom. The predicted octanol–water partition coefficient (Wildman–Crippen LogP) is 4.41. The SMILES string of the molecule is O=C(c1ccc2[nH]ncc2n1)c1cc2c(c(Cl)c1Cl)C1(CCNCC1)C(=O)N2CC(=O)N1CCC[C@@H]1CC(F)(F)F. The van der Waals surface area contributed by atoms with Crippen LogP contribution < -0.4 is 10.2 Å². The summed E-state index contributed by atoms with van der Waals surface area (Å²) in [4.78, 5) is 47.9. The first kappa shape index (κ1) is 27.9. The van der Waals surface area contributed by atoms with Gasteiger partial charge in [-0.2, -0.15) is 18.3 Å². The number of anilines is 1. The Balaban J connectivity index is 1.40. The average Bonchev–Trinajstić information content (AvgIpc) is 3.64. The van der Waals surface area contributed by atoms with E-state index >= 15 is 0 Å². The van der Waals surface area contributed by atoms with Crippen LogP contribution in [0.5, 0.6) is 0 Å². The number of rotatable bonds is 5. The van der Waals surface area contributed by atoms with Crippen molar-refractivity contribution < 1.29 is 27.6 Å². The van der Waals surface area contributed by atoms with E-state index in [0.29, 0.717) is 48.9 Å². The van der Waals surface area contributed by atoms with Crippen LogP contribution in [0.3, 0.4) is 0 Å². The van der Waals surface area contributed by atoms with Gasteiger partial charge in [0.15, 0.2) is 0 Å². The van der Waals surface area contributed by atoms with Crippen LogP contribution in [-0.4, -0.2) is 76.1 Å². The van der Waals surface area contributed by atoms with Gasteiger partial charge in [0.1, 0.15) is 17.8 Å². The third kappa shape index (κ3) is 4.75. The zero-order valence-corrected chi connectivity index (χ0v) is 23.2. The highest BCUT2D eigenvalue weighted by Crippen LogP contribution is 2.53. The van der Waals surface area contributed by atoms with Crippen LogP contribution in [0.15, 0.2) is 24.4 Å². The molecule has 41 heavy (non-hydrogen) atoms. The minimum atomic E-state index is -4.42. The molecule has 9 nitrogen and oxygen atoms in total. The Hall–Kier alpha value is -3.22. The number of amides is 2. The molecule has 3 aromatic rings. The lowest BCUT2D eigenvalue weighted by Gasteiger charge is -2.34. The van der Waals surface area contributed by atoms with Crippen LogP contribution in [0.25, 0.3) is 11.0 Å². The summed E-state index contributed by atoms with van der Waals surface area (Å²) >= 11 is 13.5. The number of carbonyl (C=O) groups is 3. The highest BCUT2D eigenvalue weighted by molar-refractivity contribution is 6.46. The molecule has 6 rings (SSSR count). The molecule has 2 fully saturated rings. The molecule has 0 saturated carbocycles. The number of H-pyrrole nitrogens is 1. The summed E-state index contributed by atoms with van der Waals surface area (Å²) in [7, 11) is 0. The lowest BCUT2D eigenvalue weighted by atomic mass is 9.74.